The zero-order valence-corrected chi connectivity index (χ0v) is 15.5. The zero-order chi connectivity index (χ0) is 22.1. The van der Waals surface area contributed by atoms with Gasteiger partial charge in [0.2, 0.25) is 0 Å². The average molecular weight is 432 g/mol. The van der Waals surface area contributed by atoms with Crippen LogP contribution in [0.2, 0.25) is 0 Å². The van der Waals surface area contributed by atoms with E-state index in [1.165, 1.54) is 0 Å². The van der Waals surface area contributed by atoms with Crippen molar-refractivity contribution in [3.63, 3.8) is 0 Å². The fourth-order valence-electron chi connectivity index (χ4n) is 3.04. The van der Waals surface area contributed by atoms with Crippen molar-refractivity contribution in [2.24, 2.45) is 0 Å². The van der Waals surface area contributed by atoms with E-state index in [0.29, 0.717) is 12.8 Å². The molecule has 2 nitrogen and oxygen atoms in total. The van der Waals surface area contributed by atoms with Crippen molar-refractivity contribution in [3.05, 3.63) is 71.0 Å². The maximum absolute atomic E-state index is 14.5. The molecule has 0 aliphatic carbocycles. The molecule has 3 rings (SSSR count). The molecule has 0 aromatic heterocycles. The molecule has 0 atom stereocenters. The maximum Gasteiger partial charge on any atom is 0.432 e. The number of rotatable bonds is 7. The Morgan fingerprint density at radius 2 is 1.60 bits per heavy atom. The molecule has 0 heterocycles. The van der Waals surface area contributed by atoms with Crippen LogP contribution in [0.1, 0.15) is 24.5 Å². The molecule has 0 saturated carbocycles. The highest BCUT2D eigenvalue weighted by Crippen LogP contribution is 2.37. The molecule has 0 aliphatic heterocycles. The van der Waals surface area contributed by atoms with Gasteiger partial charge in [0, 0.05) is 5.39 Å². The predicted molar refractivity (Wildman–Crippen MR) is 95.4 cm³/mol. The quantitative estimate of drug-likeness (QED) is 0.377. The molecular weight excluding hydrogens is 417 g/mol. The van der Waals surface area contributed by atoms with E-state index >= 15 is 0 Å². The van der Waals surface area contributed by atoms with Crippen LogP contribution < -0.4 is 9.47 Å². The van der Waals surface area contributed by atoms with Gasteiger partial charge in [0.25, 0.3) is 0 Å². The molecule has 3 aromatic rings. The first-order valence-electron chi connectivity index (χ1n) is 8.84. The average Bonchev–Trinajstić information content (AvgIpc) is 2.63. The molecular formula is C21H15F7O2. The highest BCUT2D eigenvalue weighted by Gasteiger charge is 2.41. The molecule has 0 fully saturated rings. The van der Waals surface area contributed by atoms with Crippen LogP contribution >= 0.6 is 0 Å². The first kappa shape index (κ1) is 21.7. The van der Waals surface area contributed by atoms with Crippen molar-refractivity contribution in [1.82, 2.24) is 0 Å². The SMILES string of the molecule is CCCc1cc(F)c(C(F)(F)Oc2ccc3c(F)c(OC(F)F)ccc3c2)c(F)c1. The summed E-state index contributed by atoms with van der Waals surface area (Å²) in [5, 5.41) is -0.160. The Morgan fingerprint density at radius 3 is 2.20 bits per heavy atom. The summed E-state index contributed by atoms with van der Waals surface area (Å²) in [7, 11) is 0. The Balaban J connectivity index is 1.93. The van der Waals surface area contributed by atoms with Crippen LogP contribution in [0.25, 0.3) is 10.8 Å². The smallest absolute Gasteiger partial charge is 0.432 e. The van der Waals surface area contributed by atoms with Crippen molar-refractivity contribution < 1.29 is 40.2 Å². The first-order valence-corrected chi connectivity index (χ1v) is 8.84. The van der Waals surface area contributed by atoms with E-state index in [1.807, 2.05) is 0 Å². The van der Waals surface area contributed by atoms with Gasteiger partial charge in [-0.2, -0.15) is 17.6 Å². The molecule has 0 aliphatic rings. The Morgan fingerprint density at radius 1 is 0.933 bits per heavy atom. The molecule has 0 spiro atoms. The number of hydrogen-bond donors (Lipinski definition) is 0. The van der Waals surface area contributed by atoms with E-state index in [-0.39, 0.29) is 16.3 Å². The van der Waals surface area contributed by atoms with E-state index in [4.69, 9.17) is 0 Å². The van der Waals surface area contributed by atoms with Gasteiger partial charge in [0.1, 0.15) is 22.9 Å². The highest BCUT2D eigenvalue weighted by atomic mass is 19.3. The Bertz CT molecular complexity index is 1040. The van der Waals surface area contributed by atoms with Crippen LogP contribution in [0, 0.1) is 17.5 Å². The molecule has 0 N–H and O–H groups in total. The normalized spacial score (nSPS) is 11.9. The molecule has 0 radical (unpaired) electrons. The van der Waals surface area contributed by atoms with Crippen LogP contribution in [0.15, 0.2) is 42.5 Å². The Hall–Kier alpha value is -2.97. The van der Waals surface area contributed by atoms with E-state index in [2.05, 4.69) is 9.47 Å². The monoisotopic (exact) mass is 432 g/mol. The third kappa shape index (κ3) is 4.44. The summed E-state index contributed by atoms with van der Waals surface area (Å²) >= 11 is 0. The maximum atomic E-state index is 14.5. The van der Waals surface area contributed by atoms with Gasteiger partial charge in [0.15, 0.2) is 11.6 Å². The van der Waals surface area contributed by atoms with Gasteiger partial charge in [-0.25, -0.2) is 13.2 Å². The van der Waals surface area contributed by atoms with Crippen LogP contribution in [0.3, 0.4) is 0 Å². The van der Waals surface area contributed by atoms with Crippen molar-refractivity contribution in [2.75, 3.05) is 0 Å². The number of ether oxygens (including phenoxy) is 2. The van der Waals surface area contributed by atoms with E-state index in [1.54, 1.807) is 6.92 Å². The molecule has 30 heavy (non-hydrogen) atoms. The highest BCUT2D eigenvalue weighted by molar-refractivity contribution is 5.86. The van der Waals surface area contributed by atoms with Crippen LogP contribution in [0.5, 0.6) is 11.5 Å². The molecule has 3 aromatic carbocycles. The Kier molecular flexibility index (Phi) is 6.09. The van der Waals surface area contributed by atoms with Crippen LogP contribution in [-0.4, -0.2) is 6.61 Å². The van der Waals surface area contributed by atoms with Crippen molar-refractivity contribution in [3.8, 4) is 11.5 Å². The fourth-order valence-corrected chi connectivity index (χ4v) is 3.04. The molecule has 9 heteroatoms. The minimum Gasteiger partial charge on any atom is -0.432 e. The summed E-state index contributed by atoms with van der Waals surface area (Å²) < 4.78 is 105. The predicted octanol–water partition coefficient (Wildman–Crippen LogP) is 6.94. The zero-order valence-electron chi connectivity index (χ0n) is 15.5. The fraction of sp³-hybridized carbons (Fsp3) is 0.238. The van der Waals surface area contributed by atoms with E-state index in [9.17, 15) is 30.7 Å². The largest absolute Gasteiger partial charge is 0.432 e. The van der Waals surface area contributed by atoms with Crippen molar-refractivity contribution in [2.45, 2.75) is 32.5 Å². The van der Waals surface area contributed by atoms with Gasteiger partial charge in [-0.3, -0.25) is 0 Å². The summed E-state index contributed by atoms with van der Waals surface area (Å²) in [5.41, 5.74) is -1.32. The van der Waals surface area contributed by atoms with Crippen LogP contribution in [0.4, 0.5) is 30.7 Å². The first-order chi connectivity index (χ1) is 14.1. The van der Waals surface area contributed by atoms with Gasteiger partial charge in [-0.15, -0.1) is 0 Å². The lowest BCUT2D eigenvalue weighted by Crippen LogP contribution is -2.25. The van der Waals surface area contributed by atoms with Gasteiger partial charge in [0.05, 0.1) is 0 Å². The minimum absolute atomic E-state index is 0.0293. The second kappa shape index (κ2) is 8.41. The van der Waals surface area contributed by atoms with Gasteiger partial charge in [-0.1, -0.05) is 19.4 Å². The number of halogens is 7. The lowest BCUT2D eigenvalue weighted by molar-refractivity contribution is -0.189. The third-order valence-corrected chi connectivity index (χ3v) is 4.28. The summed E-state index contributed by atoms with van der Waals surface area (Å²) in [6, 6.07) is 6.61. The molecule has 0 bridgehead atoms. The van der Waals surface area contributed by atoms with Crippen molar-refractivity contribution in [1.29, 1.82) is 0 Å². The van der Waals surface area contributed by atoms with Gasteiger partial charge < -0.3 is 9.47 Å². The summed E-state index contributed by atoms with van der Waals surface area (Å²) in [5.74, 6) is -5.25. The molecule has 160 valence electrons. The standard InChI is InChI=1S/C21H15F7O2/c1-2-3-11-8-15(22)18(16(23)9-11)21(27,28)30-13-5-6-14-12(10-13)4-7-17(19(14)24)29-20(25)26/h4-10,20H,2-3H2,1H3. The van der Waals surface area contributed by atoms with Crippen molar-refractivity contribution >= 4 is 10.8 Å². The lowest BCUT2D eigenvalue weighted by atomic mass is 10.1. The van der Waals surface area contributed by atoms with Gasteiger partial charge >= 0.3 is 12.7 Å². The minimum atomic E-state index is -4.36. The third-order valence-electron chi connectivity index (χ3n) is 4.28. The lowest BCUT2D eigenvalue weighted by Gasteiger charge is -2.20. The van der Waals surface area contributed by atoms with E-state index in [0.717, 1.165) is 42.5 Å². The summed E-state index contributed by atoms with van der Waals surface area (Å²) in [6.45, 7) is -1.47. The van der Waals surface area contributed by atoms with Gasteiger partial charge in [-0.05, 0) is 53.8 Å². The molecule has 0 unspecified atom stereocenters. The second-order valence-electron chi connectivity index (χ2n) is 6.44. The topological polar surface area (TPSA) is 18.5 Å². The number of fused-ring (bicyclic) bond motifs is 1. The summed E-state index contributed by atoms with van der Waals surface area (Å²) in [4.78, 5) is 0. The number of benzene rings is 3. The molecule has 0 saturated heterocycles. The second-order valence-corrected chi connectivity index (χ2v) is 6.44. The number of aryl methyl sites for hydroxylation is 1. The van der Waals surface area contributed by atoms with Crippen LogP contribution in [-0.2, 0) is 12.5 Å². The Labute approximate surface area is 166 Å². The molecule has 0 amide bonds. The number of alkyl halides is 4. The summed E-state index contributed by atoms with van der Waals surface area (Å²) in [6.07, 6.45) is -3.47. The number of hydrogen-bond acceptors (Lipinski definition) is 2. The van der Waals surface area contributed by atoms with E-state index < -0.39 is 47.2 Å².